The average Bonchev–Trinajstić information content (AvgIpc) is 3.16. The highest BCUT2D eigenvalue weighted by Gasteiger charge is 2.38. The van der Waals surface area contributed by atoms with Crippen LogP contribution >= 0.6 is 0 Å². The largest absolute Gasteiger partial charge is 0.382 e. The van der Waals surface area contributed by atoms with Gasteiger partial charge in [-0.05, 0) is 79.6 Å². The maximum atomic E-state index is 3.77. The van der Waals surface area contributed by atoms with Crippen LogP contribution in [0.2, 0.25) is 0 Å². The van der Waals surface area contributed by atoms with Crippen molar-refractivity contribution in [3.63, 3.8) is 0 Å². The van der Waals surface area contributed by atoms with Crippen molar-refractivity contribution in [2.45, 2.75) is 43.8 Å². The molecule has 0 saturated carbocycles. The predicted molar refractivity (Wildman–Crippen MR) is 105 cm³/mol. The first kappa shape index (κ1) is 15.0. The van der Waals surface area contributed by atoms with E-state index in [2.05, 4.69) is 70.8 Å². The third-order valence-electron chi connectivity index (χ3n) is 6.24. The second kappa shape index (κ2) is 5.92. The first-order valence-corrected chi connectivity index (χ1v) is 9.42. The van der Waals surface area contributed by atoms with Gasteiger partial charge in [-0.2, -0.15) is 0 Å². The molecule has 2 aliphatic heterocycles. The number of fused-ring (bicyclic) bond motifs is 3. The zero-order valence-corrected chi connectivity index (χ0v) is 14.7. The van der Waals surface area contributed by atoms with Gasteiger partial charge in [-0.25, -0.2) is 0 Å². The molecule has 3 heteroatoms. The lowest BCUT2D eigenvalue weighted by molar-refractivity contribution is 0.169. The number of rotatable bonds is 3. The molecule has 1 aromatic heterocycles. The van der Waals surface area contributed by atoms with Crippen LogP contribution in [0.5, 0.6) is 0 Å². The van der Waals surface area contributed by atoms with Gasteiger partial charge < -0.3 is 15.2 Å². The van der Waals surface area contributed by atoms with Crippen molar-refractivity contribution in [3.05, 3.63) is 54.7 Å². The summed E-state index contributed by atoms with van der Waals surface area (Å²) in [6, 6.07) is 19.9. The van der Waals surface area contributed by atoms with Crippen molar-refractivity contribution in [2.24, 2.45) is 0 Å². The van der Waals surface area contributed by atoms with Crippen LogP contribution in [0.3, 0.4) is 0 Å². The lowest BCUT2D eigenvalue weighted by Crippen LogP contribution is -2.44. The molecule has 3 aromatic rings. The monoisotopic (exact) mass is 331 g/mol. The highest BCUT2D eigenvalue weighted by atomic mass is 15.2. The van der Waals surface area contributed by atoms with Crippen LogP contribution in [0.15, 0.2) is 54.7 Å². The highest BCUT2D eigenvalue weighted by molar-refractivity contribution is 5.85. The molecule has 2 N–H and O–H groups in total. The molecule has 0 radical (unpaired) electrons. The number of piperidine rings is 1. The van der Waals surface area contributed by atoms with E-state index < -0.39 is 0 Å². The van der Waals surface area contributed by atoms with Gasteiger partial charge in [0.05, 0.1) is 0 Å². The number of nitrogens with one attached hydrogen (secondary N) is 2. The smallest absolute Gasteiger partial charge is 0.0454 e. The van der Waals surface area contributed by atoms with Crippen LogP contribution in [0, 0.1) is 0 Å². The van der Waals surface area contributed by atoms with E-state index in [4.69, 9.17) is 0 Å². The molecule has 3 atom stereocenters. The van der Waals surface area contributed by atoms with Gasteiger partial charge in [0.2, 0.25) is 0 Å². The minimum atomic E-state index is 0.621. The topological polar surface area (TPSA) is 31.1 Å². The molecule has 25 heavy (non-hydrogen) atoms. The Morgan fingerprint density at radius 2 is 1.64 bits per heavy atom. The predicted octanol–water partition coefficient (Wildman–Crippen LogP) is 4.87. The van der Waals surface area contributed by atoms with Gasteiger partial charge in [-0.3, -0.25) is 0 Å². The molecular weight excluding hydrogens is 306 g/mol. The van der Waals surface area contributed by atoms with Gasteiger partial charge in [-0.1, -0.05) is 18.2 Å². The lowest BCUT2D eigenvalue weighted by Gasteiger charge is -2.37. The second-order valence-electron chi connectivity index (χ2n) is 7.72. The van der Waals surface area contributed by atoms with Crippen LogP contribution in [0.25, 0.3) is 22.0 Å². The molecule has 128 valence electrons. The van der Waals surface area contributed by atoms with E-state index in [1.165, 1.54) is 53.4 Å². The number of anilines is 1. The first-order valence-electron chi connectivity index (χ1n) is 9.42. The fraction of sp³-hybridized carbons (Fsp3) is 0.364. The summed E-state index contributed by atoms with van der Waals surface area (Å²) in [7, 11) is 2.30. The molecule has 0 unspecified atom stereocenters. The molecule has 0 aliphatic carbocycles. The van der Waals surface area contributed by atoms with Crippen LogP contribution in [0.4, 0.5) is 5.69 Å². The molecule has 5 rings (SSSR count). The molecular formula is C22H25N3. The summed E-state index contributed by atoms with van der Waals surface area (Å²) in [5.74, 6) is 0. The number of benzene rings is 2. The Morgan fingerprint density at radius 3 is 2.40 bits per heavy atom. The van der Waals surface area contributed by atoms with Crippen LogP contribution in [0.1, 0.15) is 25.7 Å². The third kappa shape index (κ3) is 2.73. The van der Waals surface area contributed by atoms with Crippen LogP contribution in [-0.4, -0.2) is 35.1 Å². The fourth-order valence-corrected chi connectivity index (χ4v) is 4.76. The zero-order valence-electron chi connectivity index (χ0n) is 14.7. The number of aromatic nitrogens is 1. The number of aromatic amines is 1. The highest BCUT2D eigenvalue weighted by Crippen LogP contribution is 2.35. The molecule has 2 bridgehead atoms. The van der Waals surface area contributed by atoms with Gasteiger partial charge in [0, 0.05) is 35.5 Å². The summed E-state index contributed by atoms with van der Waals surface area (Å²) in [4.78, 5) is 5.85. The summed E-state index contributed by atoms with van der Waals surface area (Å²) < 4.78 is 0. The van der Waals surface area contributed by atoms with E-state index in [0.717, 1.165) is 12.1 Å². The van der Waals surface area contributed by atoms with Crippen molar-refractivity contribution in [3.8, 4) is 11.1 Å². The van der Waals surface area contributed by atoms with Crippen molar-refractivity contribution in [2.75, 3.05) is 12.4 Å². The van der Waals surface area contributed by atoms with Gasteiger partial charge in [0.25, 0.3) is 0 Å². The molecule has 3 heterocycles. The Morgan fingerprint density at radius 1 is 0.920 bits per heavy atom. The maximum Gasteiger partial charge on any atom is 0.0454 e. The minimum Gasteiger partial charge on any atom is -0.382 e. The van der Waals surface area contributed by atoms with Crippen LogP contribution in [-0.2, 0) is 0 Å². The lowest BCUT2D eigenvalue weighted by atomic mass is 9.97. The number of hydrogen-bond donors (Lipinski definition) is 2. The number of hydrogen-bond acceptors (Lipinski definition) is 2. The quantitative estimate of drug-likeness (QED) is 0.717. The summed E-state index contributed by atoms with van der Waals surface area (Å²) in [5, 5.41) is 5.04. The molecule has 2 fully saturated rings. The summed E-state index contributed by atoms with van der Waals surface area (Å²) in [5.41, 5.74) is 4.99. The van der Waals surface area contributed by atoms with E-state index in [1.807, 2.05) is 6.20 Å². The van der Waals surface area contributed by atoms with E-state index >= 15 is 0 Å². The van der Waals surface area contributed by atoms with Crippen molar-refractivity contribution < 1.29 is 0 Å². The standard InChI is InChI=1S/C22H25N3/c1-25-20-7-8-21(25)14-19(13-20)24-18-5-2-15(3-6-18)16-4-9-22-17(12-16)10-11-23-22/h2-6,9-12,19-21,23-24H,7-8,13-14H2,1H3/t19-,20+,21-. The Kier molecular flexibility index (Phi) is 3.56. The van der Waals surface area contributed by atoms with E-state index in [1.54, 1.807) is 0 Å². The third-order valence-corrected chi connectivity index (χ3v) is 6.24. The Hall–Kier alpha value is -2.26. The van der Waals surface area contributed by atoms with Crippen molar-refractivity contribution >= 4 is 16.6 Å². The van der Waals surface area contributed by atoms with Gasteiger partial charge >= 0.3 is 0 Å². The van der Waals surface area contributed by atoms with Gasteiger partial charge in [0.1, 0.15) is 0 Å². The Labute approximate surface area is 149 Å². The SMILES string of the molecule is CN1[C@@H]2CC[C@H]1C[C@@H](Nc1ccc(-c3ccc4[nH]ccc4c3)cc1)C2. The zero-order chi connectivity index (χ0) is 16.8. The Balaban J connectivity index is 1.31. The van der Waals surface area contributed by atoms with Gasteiger partial charge in [0.15, 0.2) is 0 Å². The normalized spacial score (nSPS) is 26.2. The number of nitrogens with zero attached hydrogens (tertiary/aromatic N) is 1. The average molecular weight is 331 g/mol. The summed E-state index contributed by atoms with van der Waals surface area (Å²) in [6.07, 6.45) is 7.30. The summed E-state index contributed by atoms with van der Waals surface area (Å²) >= 11 is 0. The van der Waals surface area contributed by atoms with Crippen molar-refractivity contribution in [1.82, 2.24) is 9.88 Å². The molecule has 2 aromatic carbocycles. The molecule has 3 nitrogen and oxygen atoms in total. The summed E-state index contributed by atoms with van der Waals surface area (Å²) in [6.45, 7) is 0. The first-order chi connectivity index (χ1) is 12.3. The minimum absolute atomic E-state index is 0.621. The van der Waals surface area contributed by atoms with Crippen LogP contribution < -0.4 is 5.32 Å². The molecule has 0 amide bonds. The van der Waals surface area contributed by atoms with Gasteiger partial charge in [-0.15, -0.1) is 0 Å². The van der Waals surface area contributed by atoms with E-state index in [0.29, 0.717) is 6.04 Å². The molecule has 2 aliphatic rings. The molecule has 0 spiro atoms. The van der Waals surface area contributed by atoms with E-state index in [-0.39, 0.29) is 0 Å². The molecule has 2 saturated heterocycles. The van der Waals surface area contributed by atoms with Crippen molar-refractivity contribution in [1.29, 1.82) is 0 Å². The second-order valence-corrected chi connectivity index (χ2v) is 7.72. The fourth-order valence-electron chi connectivity index (χ4n) is 4.76. The Bertz CT molecular complexity index is 866. The van der Waals surface area contributed by atoms with E-state index in [9.17, 15) is 0 Å². The number of H-pyrrole nitrogens is 1. The maximum absolute atomic E-state index is 3.77.